The van der Waals surface area contributed by atoms with Gasteiger partial charge >= 0.3 is 5.97 Å². The summed E-state index contributed by atoms with van der Waals surface area (Å²) in [7, 11) is 3.04. The molecule has 0 aliphatic heterocycles. The highest BCUT2D eigenvalue weighted by Gasteiger charge is 2.12. The number of rotatable bonds is 6. The number of aromatic carboxylic acids is 1. The Morgan fingerprint density at radius 3 is 2.40 bits per heavy atom. The summed E-state index contributed by atoms with van der Waals surface area (Å²) in [4.78, 5) is 23.2. The van der Waals surface area contributed by atoms with Crippen LogP contribution in [0.1, 0.15) is 15.9 Å². The number of phenolic OH excluding ortho intramolecular Hbond substituents is 1. The summed E-state index contributed by atoms with van der Waals surface area (Å²) < 4.78 is 10.3. The highest BCUT2D eigenvalue weighted by Crippen LogP contribution is 2.28. The van der Waals surface area contributed by atoms with Gasteiger partial charge in [-0.2, -0.15) is 0 Å². The van der Waals surface area contributed by atoms with Gasteiger partial charge in [-0.15, -0.1) is 0 Å². The van der Waals surface area contributed by atoms with E-state index in [-0.39, 0.29) is 17.0 Å². The number of carboxylic acids is 1. The summed E-state index contributed by atoms with van der Waals surface area (Å²) in [5, 5.41) is 20.9. The summed E-state index contributed by atoms with van der Waals surface area (Å²) in [5.41, 5.74) is 0.595. The van der Waals surface area contributed by atoms with Crippen LogP contribution in [0.4, 0.5) is 5.69 Å². The Morgan fingerprint density at radius 1 is 1.04 bits per heavy atom. The van der Waals surface area contributed by atoms with Crippen molar-refractivity contribution in [2.75, 3.05) is 19.5 Å². The van der Waals surface area contributed by atoms with E-state index in [0.717, 1.165) is 6.07 Å². The summed E-state index contributed by atoms with van der Waals surface area (Å²) in [6, 6.07) is 8.83. The van der Waals surface area contributed by atoms with Gasteiger partial charge in [0.2, 0.25) is 5.91 Å². The Bertz CT molecular complexity index is 828. The van der Waals surface area contributed by atoms with Crippen LogP contribution in [0.25, 0.3) is 6.08 Å². The van der Waals surface area contributed by atoms with Gasteiger partial charge in [0.05, 0.1) is 25.5 Å². The zero-order valence-corrected chi connectivity index (χ0v) is 13.6. The Kier molecular flexibility index (Phi) is 5.62. The first kappa shape index (κ1) is 17.9. The SMILES string of the molecule is COc1ccc(C=CC(=O)Nc2ccc(O)cc2C(=O)O)cc1OC. The predicted octanol–water partition coefficient (Wildman–Crippen LogP) is 2.76. The van der Waals surface area contributed by atoms with Crippen molar-refractivity contribution in [3.05, 3.63) is 53.6 Å². The maximum Gasteiger partial charge on any atom is 0.337 e. The first-order valence-corrected chi connectivity index (χ1v) is 7.22. The lowest BCUT2D eigenvalue weighted by atomic mass is 10.1. The van der Waals surface area contributed by atoms with E-state index in [1.54, 1.807) is 24.3 Å². The van der Waals surface area contributed by atoms with E-state index >= 15 is 0 Å². The minimum absolute atomic E-state index is 0.0901. The molecule has 0 spiro atoms. The second kappa shape index (κ2) is 7.87. The van der Waals surface area contributed by atoms with E-state index in [1.165, 1.54) is 32.4 Å². The van der Waals surface area contributed by atoms with Gasteiger partial charge in [0.1, 0.15) is 5.75 Å². The maximum atomic E-state index is 12.0. The first-order valence-electron chi connectivity index (χ1n) is 7.22. The van der Waals surface area contributed by atoms with Crippen LogP contribution in [0.3, 0.4) is 0 Å². The van der Waals surface area contributed by atoms with Crippen molar-refractivity contribution in [3.63, 3.8) is 0 Å². The molecule has 3 N–H and O–H groups in total. The lowest BCUT2D eigenvalue weighted by Gasteiger charge is -2.08. The van der Waals surface area contributed by atoms with Gasteiger partial charge in [-0.3, -0.25) is 4.79 Å². The average Bonchev–Trinajstić information content (AvgIpc) is 2.61. The predicted molar refractivity (Wildman–Crippen MR) is 92.3 cm³/mol. The summed E-state index contributed by atoms with van der Waals surface area (Å²) in [6.45, 7) is 0. The number of carbonyl (C=O) groups excluding carboxylic acids is 1. The summed E-state index contributed by atoms with van der Waals surface area (Å²) in [5.74, 6) is -0.870. The van der Waals surface area contributed by atoms with Crippen molar-refractivity contribution in [1.82, 2.24) is 0 Å². The largest absolute Gasteiger partial charge is 0.508 e. The molecule has 1 amide bonds. The number of methoxy groups -OCH3 is 2. The van der Waals surface area contributed by atoms with Crippen LogP contribution in [-0.2, 0) is 4.79 Å². The number of benzene rings is 2. The second-order valence-corrected chi connectivity index (χ2v) is 4.97. The third-order valence-electron chi connectivity index (χ3n) is 3.33. The van der Waals surface area contributed by atoms with Crippen LogP contribution >= 0.6 is 0 Å². The average molecular weight is 343 g/mol. The Morgan fingerprint density at radius 2 is 1.76 bits per heavy atom. The molecule has 0 unspecified atom stereocenters. The lowest BCUT2D eigenvalue weighted by molar-refractivity contribution is -0.111. The molecule has 0 radical (unpaired) electrons. The molecule has 0 bridgehead atoms. The zero-order valence-electron chi connectivity index (χ0n) is 13.6. The molecule has 130 valence electrons. The van der Waals surface area contributed by atoms with Crippen molar-refractivity contribution < 1.29 is 29.3 Å². The van der Waals surface area contributed by atoms with Gasteiger partial charge < -0.3 is 25.0 Å². The maximum absolute atomic E-state index is 12.0. The number of amides is 1. The van der Waals surface area contributed by atoms with Crippen molar-refractivity contribution >= 4 is 23.6 Å². The molecule has 2 rings (SSSR count). The van der Waals surface area contributed by atoms with Crippen LogP contribution in [0.2, 0.25) is 0 Å². The van der Waals surface area contributed by atoms with E-state index < -0.39 is 11.9 Å². The van der Waals surface area contributed by atoms with Gasteiger partial charge in [0.25, 0.3) is 0 Å². The molecule has 0 aliphatic carbocycles. The Labute approximate surface area is 144 Å². The van der Waals surface area contributed by atoms with E-state index in [1.807, 2.05) is 0 Å². The number of hydrogen-bond acceptors (Lipinski definition) is 5. The standard InChI is InChI=1S/C18H17NO6/c1-24-15-7-3-11(9-16(15)25-2)4-8-17(21)19-14-6-5-12(20)10-13(14)18(22)23/h3-10,20H,1-2H3,(H,19,21)(H,22,23). The summed E-state index contributed by atoms with van der Waals surface area (Å²) in [6.07, 6.45) is 2.82. The third-order valence-corrected chi connectivity index (χ3v) is 3.33. The molecule has 0 saturated carbocycles. The molecular weight excluding hydrogens is 326 g/mol. The van der Waals surface area contributed by atoms with Crippen LogP contribution in [-0.4, -0.2) is 36.3 Å². The van der Waals surface area contributed by atoms with Gasteiger partial charge in [-0.25, -0.2) is 4.79 Å². The number of hydrogen-bond donors (Lipinski definition) is 3. The van der Waals surface area contributed by atoms with E-state index in [2.05, 4.69) is 5.32 Å². The fourth-order valence-electron chi connectivity index (χ4n) is 2.12. The summed E-state index contributed by atoms with van der Waals surface area (Å²) >= 11 is 0. The molecular formula is C18H17NO6. The minimum Gasteiger partial charge on any atom is -0.508 e. The number of nitrogens with one attached hydrogen (secondary N) is 1. The molecule has 0 heterocycles. The molecule has 0 aromatic heterocycles. The van der Waals surface area contributed by atoms with Crippen molar-refractivity contribution in [2.24, 2.45) is 0 Å². The van der Waals surface area contributed by atoms with E-state index in [0.29, 0.717) is 17.1 Å². The number of carboxylic acid groups (broad SMARTS) is 1. The molecule has 7 heteroatoms. The Hall–Kier alpha value is -3.48. The topological polar surface area (TPSA) is 105 Å². The highest BCUT2D eigenvalue weighted by atomic mass is 16.5. The second-order valence-electron chi connectivity index (χ2n) is 4.97. The van der Waals surface area contributed by atoms with Crippen LogP contribution in [0, 0.1) is 0 Å². The van der Waals surface area contributed by atoms with Crippen LogP contribution < -0.4 is 14.8 Å². The molecule has 2 aromatic rings. The lowest BCUT2D eigenvalue weighted by Crippen LogP contribution is -2.11. The van der Waals surface area contributed by atoms with Crippen LogP contribution in [0.5, 0.6) is 17.2 Å². The number of anilines is 1. The molecule has 0 aliphatic rings. The number of phenols is 1. The fraction of sp³-hybridized carbons (Fsp3) is 0.111. The number of aromatic hydroxyl groups is 1. The molecule has 0 fully saturated rings. The molecule has 0 saturated heterocycles. The number of carbonyl (C=O) groups is 2. The minimum atomic E-state index is -1.25. The first-order chi connectivity index (χ1) is 11.9. The number of ether oxygens (including phenoxy) is 2. The van der Waals surface area contributed by atoms with Gasteiger partial charge in [0, 0.05) is 6.08 Å². The van der Waals surface area contributed by atoms with Gasteiger partial charge in [0.15, 0.2) is 11.5 Å². The van der Waals surface area contributed by atoms with Gasteiger partial charge in [-0.05, 0) is 42.0 Å². The molecule has 2 aromatic carbocycles. The fourth-order valence-corrected chi connectivity index (χ4v) is 2.12. The molecule has 0 atom stereocenters. The van der Waals surface area contributed by atoms with E-state index in [9.17, 15) is 14.7 Å². The normalized spacial score (nSPS) is 10.5. The van der Waals surface area contributed by atoms with Crippen molar-refractivity contribution in [2.45, 2.75) is 0 Å². The van der Waals surface area contributed by atoms with Crippen molar-refractivity contribution in [3.8, 4) is 17.2 Å². The monoisotopic (exact) mass is 343 g/mol. The van der Waals surface area contributed by atoms with Crippen LogP contribution in [0.15, 0.2) is 42.5 Å². The van der Waals surface area contributed by atoms with Gasteiger partial charge in [-0.1, -0.05) is 6.07 Å². The quantitative estimate of drug-likeness (QED) is 0.550. The molecule has 7 nitrogen and oxygen atoms in total. The smallest absolute Gasteiger partial charge is 0.337 e. The highest BCUT2D eigenvalue weighted by molar-refractivity contribution is 6.06. The zero-order chi connectivity index (χ0) is 18.4. The Balaban J connectivity index is 2.15. The molecule has 25 heavy (non-hydrogen) atoms. The van der Waals surface area contributed by atoms with Crippen molar-refractivity contribution in [1.29, 1.82) is 0 Å². The van der Waals surface area contributed by atoms with E-state index in [4.69, 9.17) is 14.6 Å². The third kappa shape index (κ3) is 4.51.